The number of hydrogen-bond donors (Lipinski definition) is 2. The van der Waals surface area contributed by atoms with Gasteiger partial charge >= 0.3 is 0 Å². The molecule has 0 unspecified atom stereocenters. The summed E-state index contributed by atoms with van der Waals surface area (Å²) in [5.41, 5.74) is 17.1. The minimum atomic E-state index is -0.880. The summed E-state index contributed by atoms with van der Waals surface area (Å²) in [5.74, 6) is -1.24. The van der Waals surface area contributed by atoms with Crippen molar-refractivity contribution in [1.29, 1.82) is 0 Å². The van der Waals surface area contributed by atoms with Crippen molar-refractivity contribution >= 4 is 28.4 Å². The maximum Gasteiger partial charge on any atom is 0.221 e. The van der Waals surface area contributed by atoms with Gasteiger partial charge in [0.05, 0.1) is 5.52 Å². The number of hydrogen-bond acceptors (Lipinski definition) is 6. The number of rotatable bonds is 3. The largest absolute Gasteiger partial charge is 0.383 e. The Balaban J connectivity index is 1.54. The molecular weight excluding hydrogens is 398 g/mol. The molecule has 5 rings (SSSR count). The number of anilines is 3. The number of halogens is 2. The van der Waals surface area contributed by atoms with Gasteiger partial charge in [-0.15, -0.1) is 0 Å². The Bertz CT molecular complexity index is 1340. The molecule has 0 aliphatic carbocycles. The Morgan fingerprint density at radius 1 is 1.06 bits per heavy atom. The number of benzene rings is 2. The van der Waals surface area contributed by atoms with Gasteiger partial charge in [-0.3, -0.25) is 4.98 Å². The molecule has 0 saturated heterocycles. The molecule has 3 heterocycles. The lowest BCUT2D eigenvalue weighted by Crippen LogP contribution is -2.21. The van der Waals surface area contributed by atoms with Crippen LogP contribution >= 0.6 is 0 Å². The van der Waals surface area contributed by atoms with Gasteiger partial charge in [-0.2, -0.15) is 4.98 Å². The molecule has 1 aliphatic rings. The Kier molecular flexibility index (Phi) is 4.43. The van der Waals surface area contributed by atoms with Gasteiger partial charge in [0.2, 0.25) is 5.95 Å². The minimum absolute atomic E-state index is 0.148. The average Bonchev–Trinajstić information content (AvgIpc) is 3.14. The summed E-state index contributed by atoms with van der Waals surface area (Å²) in [4.78, 5) is 14.7. The summed E-state index contributed by atoms with van der Waals surface area (Å²) in [5, 5.41) is 0.182. The SMILES string of the molecule is Cc1ccc2c(F)c(F)cc(-c3ccc4c(c3)CCN4Cc3cnc(N)nc3N)c2n1. The van der Waals surface area contributed by atoms with E-state index >= 15 is 0 Å². The minimum Gasteiger partial charge on any atom is -0.383 e. The van der Waals surface area contributed by atoms with Crippen molar-refractivity contribution < 1.29 is 8.78 Å². The molecule has 0 saturated carbocycles. The molecule has 1 aliphatic heterocycles. The van der Waals surface area contributed by atoms with Crippen LogP contribution in [0.5, 0.6) is 0 Å². The molecule has 0 atom stereocenters. The molecule has 0 radical (unpaired) electrons. The highest BCUT2D eigenvalue weighted by molar-refractivity contribution is 5.94. The van der Waals surface area contributed by atoms with Crippen molar-refractivity contribution in [2.75, 3.05) is 22.9 Å². The summed E-state index contributed by atoms with van der Waals surface area (Å²) in [6.45, 7) is 3.20. The number of aromatic nitrogens is 3. The lowest BCUT2D eigenvalue weighted by Gasteiger charge is -2.20. The van der Waals surface area contributed by atoms with Crippen molar-refractivity contribution in [3.05, 3.63) is 71.1 Å². The van der Waals surface area contributed by atoms with Crippen molar-refractivity contribution in [2.45, 2.75) is 19.9 Å². The maximum atomic E-state index is 14.3. The Morgan fingerprint density at radius 3 is 2.71 bits per heavy atom. The normalized spacial score (nSPS) is 13.1. The third-order valence-electron chi connectivity index (χ3n) is 5.67. The average molecular weight is 418 g/mol. The molecule has 0 spiro atoms. The van der Waals surface area contributed by atoms with Gasteiger partial charge in [0, 0.05) is 47.2 Å². The van der Waals surface area contributed by atoms with Gasteiger partial charge in [0.1, 0.15) is 5.82 Å². The predicted molar refractivity (Wildman–Crippen MR) is 117 cm³/mol. The topological polar surface area (TPSA) is 94.0 Å². The zero-order chi connectivity index (χ0) is 21.7. The van der Waals surface area contributed by atoms with Crippen LogP contribution in [0.1, 0.15) is 16.8 Å². The van der Waals surface area contributed by atoms with Gasteiger partial charge in [0.15, 0.2) is 11.6 Å². The molecule has 156 valence electrons. The van der Waals surface area contributed by atoms with Gasteiger partial charge in [-0.1, -0.05) is 6.07 Å². The zero-order valence-electron chi connectivity index (χ0n) is 16.9. The number of nitrogens with zero attached hydrogens (tertiary/aromatic N) is 4. The lowest BCUT2D eigenvalue weighted by atomic mass is 9.98. The molecular formula is C23H20F2N6. The first-order valence-electron chi connectivity index (χ1n) is 9.91. The molecule has 31 heavy (non-hydrogen) atoms. The molecule has 0 amide bonds. The van der Waals surface area contributed by atoms with E-state index in [1.54, 1.807) is 18.3 Å². The second-order valence-electron chi connectivity index (χ2n) is 7.72. The molecule has 4 aromatic rings. The molecule has 6 nitrogen and oxygen atoms in total. The predicted octanol–water partition coefficient (Wildman–Crippen LogP) is 4.01. The number of pyridine rings is 1. The lowest BCUT2D eigenvalue weighted by molar-refractivity contribution is 0.517. The maximum absolute atomic E-state index is 14.3. The van der Waals surface area contributed by atoms with Crippen molar-refractivity contribution in [2.24, 2.45) is 0 Å². The smallest absolute Gasteiger partial charge is 0.221 e. The highest BCUT2D eigenvalue weighted by atomic mass is 19.2. The quantitative estimate of drug-likeness (QED) is 0.522. The third-order valence-corrected chi connectivity index (χ3v) is 5.67. The number of nitrogens with two attached hydrogens (primary N) is 2. The van der Waals surface area contributed by atoms with Gasteiger partial charge in [0.25, 0.3) is 0 Å². The van der Waals surface area contributed by atoms with Crippen LogP contribution in [0.25, 0.3) is 22.0 Å². The van der Waals surface area contributed by atoms with E-state index in [9.17, 15) is 8.78 Å². The molecule has 8 heteroatoms. The van der Waals surface area contributed by atoms with E-state index in [-0.39, 0.29) is 11.3 Å². The van der Waals surface area contributed by atoms with Gasteiger partial charge in [-0.25, -0.2) is 13.8 Å². The van der Waals surface area contributed by atoms with E-state index < -0.39 is 11.6 Å². The van der Waals surface area contributed by atoms with E-state index in [4.69, 9.17) is 11.5 Å². The Morgan fingerprint density at radius 2 is 1.90 bits per heavy atom. The van der Waals surface area contributed by atoms with Crippen LogP contribution in [0.3, 0.4) is 0 Å². The number of aryl methyl sites for hydroxylation is 1. The van der Waals surface area contributed by atoms with E-state index in [1.807, 2.05) is 25.1 Å². The van der Waals surface area contributed by atoms with E-state index in [0.29, 0.717) is 23.4 Å². The highest BCUT2D eigenvalue weighted by Gasteiger charge is 2.22. The van der Waals surface area contributed by atoms with E-state index in [0.717, 1.165) is 41.0 Å². The summed E-state index contributed by atoms with van der Waals surface area (Å²) in [7, 11) is 0. The van der Waals surface area contributed by atoms with Crippen molar-refractivity contribution in [3.8, 4) is 11.1 Å². The third kappa shape index (κ3) is 3.30. The van der Waals surface area contributed by atoms with Crippen molar-refractivity contribution in [1.82, 2.24) is 15.0 Å². The van der Waals surface area contributed by atoms with Gasteiger partial charge < -0.3 is 16.4 Å². The Labute approximate surface area is 177 Å². The standard InChI is InChI=1S/C23H20F2N6/c1-12-2-4-16-20(25)18(24)9-17(21(16)29-12)13-3-5-19-14(8-13)6-7-31(19)11-15-10-28-23(27)30-22(15)26/h2-5,8-10H,6-7,11H2,1H3,(H4,26,27,28,30). The monoisotopic (exact) mass is 418 g/mol. The second kappa shape index (κ2) is 7.16. The highest BCUT2D eigenvalue weighted by Crippen LogP contribution is 2.36. The van der Waals surface area contributed by atoms with Crippen molar-refractivity contribution in [3.63, 3.8) is 0 Å². The van der Waals surface area contributed by atoms with E-state index in [1.165, 1.54) is 6.07 Å². The zero-order valence-corrected chi connectivity index (χ0v) is 16.9. The molecule has 0 fully saturated rings. The van der Waals surface area contributed by atoms with Crippen LogP contribution in [0.4, 0.5) is 26.2 Å². The molecule has 2 aromatic carbocycles. The first-order chi connectivity index (χ1) is 14.9. The molecule has 2 aromatic heterocycles. The summed E-state index contributed by atoms with van der Waals surface area (Å²) >= 11 is 0. The second-order valence-corrected chi connectivity index (χ2v) is 7.72. The van der Waals surface area contributed by atoms with Crippen LogP contribution in [0.2, 0.25) is 0 Å². The van der Waals surface area contributed by atoms with Crippen LogP contribution in [-0.2, 0) is 13.0 Å². The Hall–Kier alpha value is -3.81. The van der Waals surface area contributed by atoms with Crippen LogP contribution in [0, 0.1) is 18.6 Å². The van der Waals surface area contributed by atoms with E-state index in [2.05, 4.69) is 19.9 Å². The molecule has 4 N–H and O–H groups in total. The summed E-state index contributed by atoms with van der Waals surface area (Å²) in [6, 6.07) is 10.4. The van der Waals surface area contributed by atoms with Crippen LogP contribution in [0.15, 0.2) is 42.6 Å². The number of nitrogen functional groups attached to an aromatic ring is 2. The summed E-state index contributed by atoms with van der Waals surface area (Å²) < 4.78 is 28.6. The summed E-state index contributed by atoms with van der Waals surface area (Å²) in [6.07, 6.45) is 2.47. The van der Waals surface area contributed by atoms with Crippen LogP contribution < -0.4 is 16.4 Å². The fraction of sp³-hybridized carbons (Fsp3) is 0.174. The fourth-order valence-corrected chi connectivity index (χ4v) is 4.11. The first kappa shape index (κ1) is 19.2. The first-order valence-corrected chi connectivity index (χ1v) is 9.91. The van der Waals surface area contributed by atoms with Crippen LogP contribution in [-0.4, -0.2) is 21.5 Å². The fourth-order valence-electron chi connectivity index (χ4n) is 4.11. The van der Waals surface area contributed by atoms with Gasteiger partial charge in [-0.05, 0) is 54.8 Å². The number of fused-ring (bicyclic) bond motifs is 2. The molecule has 0 bridgehead atoms.